The number of nitrogens with one attached hydrogen (secondary N) is 1. The molecule has 0 saturated carbocycles. The van der Waals surface area contributed by atoms with Crippen LogP contribution in [0.2, 0.25) is 0 Å². The molecule has 0 aliphatic heterocycles. The number of anilines is 2. The zero-order valence-corrected chi connectivity index (χ0v) is 8.96. The third-order valence-electron chi connectivity index (χ3n) is 2.12. The fraction of sp³-hybridized carbons (Fsp3) is 0.182. The van der Waals surface area contributed by atoms with Crippen LogP contribution in [0.4, 0.5) is 20.4 Å². The van der Waals surface area contributed by atoms with Crippen LogP contribution in [0.25, 0.3) is 0 Å². The Balaban J connectivity index is 2.30. The SMILES string of the molecule is Cc1cn(C)c(Nc2cc(F)cc(F)c2)n1. The summed E-state index contributed by atoms with van der Waals surface area (Å²) in [5, 5.41) is 2.85. The van der Waals surface area contributed by atoms with Crippen molar-refractivity contribution in [2.75, 3.05) is 5.32 Å². The molecule has 0 aliphatic carbocycles. The van der Waals surface area contributed by atoms with Gasteiger partial charge >= 0.3 is 0 Å². The van der Waals surface area contributed by atoms with Gasteiger partial charge in [0.1, 0.15) is 11.6 Å². The maximum absolute atomic E-state index is 12.9. The Bertz CT molecular complexity index is 500. The first-order valence-electron chi connectivity index (χ1n) is 4.77. The first kappa shape index (κ1) is 10.6. The summed E-state index contributed by atoms with van der Waals surface area (Å²) in [6, 6.07) is 3.26. The highest BCUT2D eigenvalue weighted by molar-refractivity contribution is 5.53. The van der Waals surface area contributed by atoms with E-state index in [0.29, 0.717) is 11.6 Å². The van der Waals surface area contributed by atoms with Crippen molar-refractivity contribution in [3.63, 3.8) is 0 Å². The first-order valence-corrected chi connectivity index (χ1v) is 4.77. The quantitative estimate of drug-likeness (QED) is 0.848. The number of hydrogen-bond donors (Lipinski definition) is 1. The molecule has 0 atom stereocenters. The molecule has 16 heavy (non-hydrogen) atoms. The molecule has 2 aromatic rings. The zero-order valence-electron chi connectivity index (χ0n) is 8.96. The van der Waals surface area contributed by atoms with Gasteiger partial charge in [-0.25, -0.2) is 13.8 Å². The minimum absolute atomic E-state index is 0.339. The highest BCUT2D eigenvalue weighted by Gasteiger charge is 2.05. The number of aryl methyl sites for hydroxylation is 2. The van der Waals surface area contributed by atoms with Gasteiger partial charge < -0.3 is 9.88 Å². The summed E-state index contributed by atoms with van der Waals surface area (Å²) in [7, 11) is 1.80. The minimum Gasteiger partial charge on any atom is -0.325 e. The van der Waals surface area contributed by atoms with E-state index < -0.39 is 11.6 Å². The molecule has 0 saturated heterocycles. The second kappa shape index (κ2) is 3.92. The first-order chi connectivity index (χ1) is 7.54. The zero-order chi connectivity index (χ0) is 11.7. The maximum Gasteiger partial charge on any atom is 0.207 e. The highest BCUT2D eigenvalue weighted by Crippen LogP contribution is 2.18. The minimum atomic E-state index is -0.617. The third-order valence-corrected chi connectivity index (χ3v) is 2.12. The Kier molecular flexibility index (Phi) is 2.60. The maximum atomic E-state index is 12.9. The molecule has 2 rings (SSSR count). The molecule has 1 heterocycles. The van der Waals surface area contributed by atoms with E-state index in [1.807, 2.05) is 13.1 Å². The molecule has 1 N–H and O–H groups in total. The summed E-state index contributed by atoms with van der Waals surface area (Å²) in [4.78, 5) is 4.17. The molecule has 3 nitrogen and oxygen atoms in total. The molecule has 84 valence electrons. The van der Waals surface area contributed by atoms with Crippen molar-refractivity contribution in [3.05, 3.63) is 41.7 Å². The van der Waals surface area contributed by atoms with Crippen molar-refractivity contribution < 1.29 is 8.78 Å². The van der Waals surface area contributed by atoms with Crippen molar-refractivity contribution in [3.8, 4) is 0 Å². The van der Waals surface area contributed by atoms with Gasteiger partial charge in [0.25, 0.3) is 0 Å². The molecular weight excluding hydrogens is 212 g/mol. The van der Waals surface area contributed by atoms with E-state index >= 15 is 0 Å². The van der Waals surface area contributed by atoms with Gasteiger partial charge in [-0.3, -0.25) is 0 Å². The average Bonchev–Trinajstić information content (AvgIpc) is 2.43. The van der Waals surface area contributed by atoms with Crippen LogP contribution < -0.4 is 5.32 Å². The average molecular weight is 223 g/mol. The summed E-state index contributed by atoms with van der Waals surface area (Å²) < 4.78 is 27.6. The van der Waals surface area contributed by atoms with Crippen molar-refractivity contribution in [1.29, 1.82) is 0 Å². The van der Waals surface area contributed by atoms with Gasteiger partial charge in [0.05, 0.1) is 5.69 Å². The number of nitrogens with zero attached hydrogens (tertiary/aromatic N) is 2. The summed E-state index contributed by atoms with van der Waals surface area (Å²) in [6.45, 7) is 1.84. The van der Waals surface area contributed by atoms with E-state index in [0.717, 1.165) is 11.8 Å². The molecule has 1 aromatic carbocycles. The lowest BCUT2D eigenvalue weighted by Crippen LogP contribution is -1.99. The van der Waals surface area contributed by atoms with E-state index in [9.17, 15) is 8.78 Å². The predicted molar refractivity (Wildman–Crippen MR) is 57.6 cm³/mol. The van der Waals surface area contributed by atoms with E-state index in [1.54, 1.807) is 11.6 Å². The van der Waals surface area contributed by atoms with Crippen LogP contribution in [0.5, 0.6) is 0 Å². The van der Waals surface area contributed by atoms with Gasteiger partial charge in [0.2, 0.25) is 5.95 Å². The van der Waals surface area contributed by atoms with E-state index in [2.05, 4.69) is 10.3 Å². The molecule has 0 aliphatic rings. The van der Waals surface area contributed by atoms with Gasteiger partial charge in [0.15, 0.2) is 0 Å². The number of hydrogen-bond acceptors (Lipinski definition) is 2. The van der Waals surface area contributed by atoms with Crippen molar-refractivity contribution in [2.24, 2.45) is 7.05 Å². The smallest absolute Gasteiger partial charge is 0.207 e. The molecular formula is C11H11F2N3. The van der Waals surface area contributed by atoms with Gasteiger partial charge in [0, 0.05) is 25.0 Å². The summed E-state index contributed by atoms with van der Waals surface area (Å²) >= 11 is 0. The summed E-state index contributed by atoms with van der Waals surface area (Å²) in [5.41, 5.74) is 1.17. The topological polar surface area (TPSA) is 29.9 Å². The molecule has 0 unspecified atom stereocenters. The number of imidazole rings is 1. The Morgan fingerprint density at radius 2 is 1.81 bits per heavy atom. The van der Waals surface area contributed by atoms with Crippen molar-refractivity contribution in [2.45, 2.75) is 6.92 Å². The molecule has 0 fully saturated rings. The molecule has 0 bridgehead atoms. The van der Waals surface area contributed by atoms with Gasteiger partial charge in [-0.05, 0) is 19.1 Å². The summed E-state index contributed by atoms with van der Waals surface area (Å²) in [5.74, 6) is -0.690. The lowest BCUT2D eigenvalue weighted by molar-refractivity contribution is 0.584. The predicted octanol–water partition coefficient (Wildman–Crippen LogP) is 2.75. The normalized spacial score (nSPS) is 10.5. The number of aromatic nitrogens is 2. The Labute approximate surface area is 91.7 Å². The second-order valence-electron chi connectivity index (χ2n) is 3.60. The third kappa shape index (κ3) is 2.18. The molecule has 1 aromatic heterocycles. The van der Waals surface area contributed by atoms with Crippen LogP contribution in [-0.4, -0.2) is 9.55 Å². The highest BCUT2D eigenvalue weighted by atomic mass is 19.1. The van der Waals surface area contributed by atoms with E-state index in [-0.39, 0.29) is 0 Å². The molecule has 0 radical (unpaired) electrons. The Morgan fingerprint density at radius 3 is 2.31 bits per heavy atom. The van der Waals surface area contributed by atoms with Gasteiger partial charge in [-0.2, -0.15) is 0 Å². The van der Waals surface area contributed by atoms with Crippen LogP contribution in [0.15, 0.2) is 24.4 Å². The monoisotopic (exact) mass is 223 g/mol. The van der Waals surface area contributed by atoms with Crippen LogP contribution in [0.3, 0.4) is 0 Å². The Hall–Kier alpha value is -1.91. The largest absolute Gasteiger partial charge is 0.325 e. The number of rotatable bonds is 2. The second-order valence-corrected chi connectivity index (χ2v) is 3.60. The van der Waals surface area contributed by atoms with Crippen LogP contribution in [0.1, 0.15) is 5.69 Å². The Morgan fingerprint density at radius 1 is 1.19 bits per heavy atom. The van der Waals surface area contributed by atoms with Gasteiger partial charge in [-0.15, -0.1) is 0 Å². The standard InChI is InChI=1S/C11H11F2N3/c1-7-6-16(2)11(14-7)15-10-4-8(12)3-9(13)5-10/h3-6H,1-2H3,(H,14,15). The molecule has 0 spiro atoms. The fourth-order valence-corrected chi connectivity index (χ4v) is 1.49. The van der Waals surface area contributed by atoms with Crippen LogP contribution in [-0.2, 0) is 7.05 Å². The fourth-order valence-electron chi connectivity index (χ4n) is 1.49. The van der Waals surface area contributed by atoms with Gasteiger partial charge in [-0.1, -0.05) is 0 Å². The summed E-state index contributed by atoms with van der Waals surface area (Å²) in [6.07, 6.45) is 1.82. The lowest BCUT2D eigenvalue weighted by Gasteiger charge is -2.05. The van der Waals surface area contributed by atoms with Crippen molar-refractivity contribution >= 4 is 11.6 Å². The van der Waals surface area contributed by atoms with Crippen LogP contribution in [0, 0.1) is 18.6 Å². The lowest BCUT2D eigenvalue weighted by atomic mass is 10.3. The van der Waals surface area contributed by atoms with Crippen molar-refractivity contribution in [1.82, 2.24) is 9.55 Å². The number of halogens is 2. The van der Waals surface area contributed by atoms with Crippen LogP contribution >= 0.6 is 0 Å². The molecule has 5 heteroatoms. The molecule has 0 amide bonds. The van der Waals surface area contributed by atoms with E-state index in [1.165, 1.54) is 12.1 Å². The number of benzene rings is 1. The van der Waals surface area contributed by atoms with E-state index in [4.69, 9.17) is 0 Å².